The van der Waals surface area contributed by atoms with Crippen molar-refractivity contribution in [3.8, 4) is 5.75 Å². The Kier molecular flexibility index (Phi) is 7.27. The highest BCUT2D eigenvalue weighted by molar-refractivity contribution is 5.35. The molecule has 0 aliphatic heterocycles. The lowest BCUT2D eigenvalue weighted by Crippen LogP contribution is -1.98. The highest BCUT2D eigenvalue weighted by Crippen LogP contribution is 2.28. The van der Waals surface area contributed by atoms with E-state index in [9.17, 15) is 0 Å². The molecule has 0 saturated carbocycles. The molecule has 1 unspecified atom stereocenters. The molecule has 1 aromatic rings. The summed E-state index contributed by atoms with van der Waals surface area (Å²) in [6.07, 6.45) is 4.30. The van der Waals surface area contributed by atoms with Crippen LogP contribution in [-0.4, -0.2) is 4.98 Å². The minimum Gasteiger partial charge on any atom is -0.464 e. The second kappa shape index (κ2) is 7.91. The molecule has 0 amide bonds. The van der Waals surface area contributed by atoms with Gasteiger partial charge in [0.05, 0.1) is 12.5 Å². The van der Waals surface area contributed by atoms with Crippen molar-refractivity contribution in [3.63, 3.8) is 0 Å². The lowest BCUT2D eigenvalue weighted by Gasteiger charge is -2.13. The Morgan fingerprint density at radius 2 is 2.12 bits per heavy atom. The Morgan fingerprint density at radius 1 is 1.50 bits per heavy atom. The number of hydrogen-bond acceptors (Lipinski definition) is 2. The van der Waals surface area contributed by atoms with Gasteiger partial charge in [0.15, 0.2) is 0 Å². The van der Waals surface area contributed by atoms with E-state index >= 15 is 0 Å². The summed E-state index contributed by atoms with van der Waals surface area (Å²) >= 11 is 0. The van der Waals surface area contributed by atoms with Crippen LogP contribution in [0.4, 0.5) is 0 Å². The van der Waals surface area contributed by atoms with Gasteiger partial charge in [-0.05, 0) is 25.3 Å². The quantitative estimate of drug-likeness (QED) is 0.701. The van der Waals surface area contributed by atoms with Crippen molar-refractivity contribution in [3.05, 3.63) is 36.4 Å². The summed E-state index contributed by atoms with van der Waals surface area (Å²) in [6.45, 7) is 13.9. The monoisotopic (exact) mass is 221 g/mol. The van der Waals surface area contributed by atoms with Gasteiger partial charge in [0.25, 0.3) is 0 Å². The summed E-state index contributed by atoms with van der Waals surface area (Å²) in [6, 6.07) is 2.08. The van der Waals surface area contributed by atoms with Gasteiger partial charge in [-0.25, -0.2) is 0 Å². The number of aryl methyl sites for hydroxylation is 1. The number of ether oxygens (including phenoxy) is 1. The first-order valence-corrected chi connectivity index (χ1v) is 5.93. The van der Waals surface area contributed by atoms with Crippen LogP contribution in [-0.2, 0) is 0 Å². The van der Waals surface area contributed by atoms with Crippen LogP contribution < -0.4 is 4.74 Å². The highest BCUT2D eigenvalue weighted by atomic mass is 16.5. The average Bonchev–Trinajstić information content (AvgIpc) is 2.33. The zero-order valence-electron chi connectivity index (χ0n) is 11.1. The van der Waals surface area contributed by atoms with Crippen molar-refractivity contribution in [1.82, 2.24) is 4.98 Å². The third-order valence-electron chi connectivity index (χ3n) is 2.39. The zero-order valence-corrected chi connectivity index (χ0v) is 11.1. The smallest absolute Gasteiger partial charge is 0.148 e. The van der Waals surface area contributed by atoms with Crippen molar-refractivity contribution in [2.75, 3.05) is 0 Å². The summed E-state index contributed by atoms with van der Waals surface area (Å²) < 4.78 is 5.32. The van der Waals surface area contributed by atoms with Crippen molar-refractivity contribution in [2.24, 2.45) is 0 Å². The summed E-state index contributed by atoms with van der Waals surface area (Å²) in [5, 5.41) is 0. The maximum absolute atomic E-state index is 5.32. The molecule has 2 nitrogen and oxygen atoms in total. The first kappa shape index (κ1) is 14.7. The van der Waals surface area contributed by atoms with Crippen LogP contribution in [0.1, 0.15) is 51.3 Å². The molecule has 16 heavy (non-hydrogen) atoms. The van der Waals surface area contributed by atoms with Crippen LogP contribution in [0.2, 0.25) is 0 Å². The number of nitrogens with zero attached hydrogens (tertiary/aromatic N) is 1. The molecule has 90 valence electrons. The van der Waals surface area contributed by atoms with Crippen molar-refractivity contribution >= 4 is 0 Å². The molecule has 0 aliphatic carbocycles. The molecular weight excluding hydrogens is 198 g/mol. The molecule has 1 atom stereocenters. The topological polar surface area (TPSA) is 22.1 Å². The fourth-order valence-electron chi connectivity index (χ4n) is 1.36. The van der Waals surface area contributed by atoms with Crippen LogP contribution in [0.25, 0.3) is 0 Å². The van der Waals surface area contributed by atoms with Gasteiger partial charge in [-0.2, -0.15) is 0 Å². The van der Waals surface area contributed by atoms with Gasteiger partial charge in [-0.1, -0.05) is 34.3 Å². The standard InChI is InChI=1S/C12H17NO.C2H6/c1-5-9(3)11-7-10(4)13-8-12(11)14-6-2;1-2/h6-9H,2,5H2,1,3-4H3;1-2H3. The molecule has 0 aliphatic rings. The maximum atomic E-state index is 5.32. The minimum absolute atomic E-state index is 0.492. The van der Waals surface area contributed by atoms with E-state index in [1.165, 1.54) is 11.8 Å². The molecule has 0 aromatic carbocycles. The third-order valence-corrected chi connectivity index (χ3v) is 2.39. The highest BCUT2D eigenvalue weighted by Gasteiger charge is 2.10. The van der Waals surface area contributed by atoms with E-state index in [1.54, 1.807) is 6.20 Å². The fraction of sp³-hybridized carbons (Fsp3) is 0.500. The fourth-order valence-corrected chi connectivity index (χ4v) is 1.36. The predicted molar refractivity (Wildman–Crippen MR) is 69.9 cm³/mol. The molecule has 2 heteroatoms. The van der Waals surface area contributed by atoms with Gasteiger partial charge in [0.1, 0.15) is 5.75 Å². The minimum atomic E-state index is 0.492. The molecule has 1 rings (SSSR count). The van der Waals surface area contributed by atoms with Crippen molar-refractivity contribution < 1.29 is 4.74 Å². The molecule has 0 N–H and O–H groups in total. The largest absolute Gasteiger partial charge is 0.464 e. The molecule has 1 heterocycles. The normalized spacial score (nSPS) is 11.1. The molecule has 0 saturated heterocycles. The SMILES string of the molecule is C=COc1cnc(C)cc1C(C)CC.CC. The third kappa shape index (κ3) is 4.05. The molecule has 0 bridgehead atoms. The van der Waals surface area contributed by atoms with E-state index in [-0.39, 0.29) is 0 Å². The van der Waals surface area contributed by atoms with Crippen LogP contribution in [0, 0.1) is 6.92 Å². The van der Waals surface area contributed by atoms with Crippen LogP contribution in [0.5, 0.6) is 5.75 Å². The Labute approximate surface area is 99.4 Å². The molecule has 0 radical (unpaired) electrons. The first-order chi connectivity index (χ1) is 7.69. The first-order valence-electron chi connectivity index (χ1n) is 5.93. The molecule has 1 aromatic heterocycles. The Bertz CT molecular complexity index is 321. The van der Waals surface area contributed by atoms with Gasteiger partial charge in [0.2, 0.25) is 0 Å². The van der Waals surface area contributed by atoms with Gasteiger partial charge < -0.3 is 4.74 Å². The Balaban J connectivity index is 0.00000106. The summed E-state index contributed by atoms with van der Waals surface area (Å²) in [5.74, 6) is 1.31. The summed E-state index contributed by atoms with van der Waals surface area (Å²) in [4.78, 5) is 4.20. The molecule has 0 fully saturated rings. The number of aromatic nitrogens is 1. The van der Waals surface area contributed by atoms with Gasteiger partial charge in [-0.15, -0.1) is 0 Å². The lowest BCUT2D eigenvalue weighted by molar-refractivity contribution is 0.468. The maximum Gasteiger partial charge on any atom is 0.148 e. The van der Waals surface area contributed by atoms with Gasteiger partial charge >= 0.3 is 0 Å². The van der Waals surface area contributed by atoms with Crippen LogP contribution in [0.3, 0.4) is 0 Å². The van der Waals surface area contributed by atoms with E-state index < -0.39 is 0 Å². The molecule has 0 spiro atoms. The predicted octanol–water partition coefficient (Wildman–Crippen LogP) is 4.45. The van der Waals surface area contributed by atoms with Crippen LogP contribution in [0.15, 0.2) is 25.1 Å². The van der Waals surface area contributed by atoms with Gasteiger partial charge in [-0.3, -0.25) is 4.98 Å². The summed E-state index contributed by atoms with van der Waals surface area (Å²) in [7, 11) is 0. The second-order valence-electron chi connectivity index (χ2n) is 3.46. The van der Waals surface area contributed by atoms with E-state index in [2.05, 4.69) is 31.5 Å². The number of rotatable bonds is 4. The van der Waals surface area contributed by atoms with E-state index in [0.717, 1.165) is 17.9 Å². The van der Waals surface area contributed by atoms with Crippen molar-refractivity contribution in [2.45, 2.75) is 47.0 Å². The van der Waals surface area contributed by atoms with E-state index in [4.69, 9.17) is 4.74 Å². The number of pyridine rings is 1. The van der Waals surface area contributed by atoms with Crippen molar-refractivity contribution in [1.29, 1.82) is 0 Å². The Morgan fingerprint density at radius 3 is 2.62 bits per heavy atom. The molecular formula is C14H23NO. The lowest BCUT2D eigenvalue weighted by atomic mass is 9.98. The average molecular weight is 221 g/mol. The summed E-state index contributed by atoms with van der Waals surface area (Å²) in [5.41, 5.74) is 2.23. The zero-order chi connectivity index (χ0) is 12.6. The Hall–Kier alpha value is -1.31. The van der Waals surface area contributed by atoms with E-state index in [0.29, 0.717) is 5.92 Å². The van der Waals surface area contributed by atoms with E-state index in [1.807, 2.05) is 20.8 Å². The second-order valence-corrected chi connectivity index (χ2v) is 3.46. The number of hydrogen-bond donors (Lipinski definition) is 0. The van der Waals surface area contributed by atoms with Gasteiger partial charge in [0, 0.05) is 11.3 Å². The van der Waals surface area contributed by atoms with Crippen LogP contribution >= 0.6 is 0 Å².